The molecule has 0 unspecified atom stereocenters. The molecule has 0 bridgehead atoms. The van der Waals surface area contributed by atoms with Gasteiger partial charge >= 0.3 is 6.01 Å². The van der Waals surface area contributed by atoms with E-state index in [2.05, 4.69) is 29.4 Å². The van der Waals surface area contributed by atoms with Crippen LogP contribution in [0.25, 0.3) is 11.5 Å². The Balaban J connectivity index is 1.70. The van der Waals surface area contributed by atoms with Crippen molar-refractivity contribution in [2.75, 3.05) is 5.32 Å². The summed E-state index contributed by atoms with van der Waals surface area (Å²) >= 11 is 1.72. The standard InChI is InChI=1S/C21H23N3O4S2/c1-13(2)29-17-9-5-15(6-10-17)19(25)22-21-24-23-20(28-21)16-7-11-18(12-8-16)30(26,27)14(3)4/h5-14H,1-4H3,(H,22,24,25). The minimum absolute atomic E-state index is 0.0329. The molecule has 3 aromatic rings. The first-order chi connectivity index (χ1) is 14.2. The first kappa shape index (κ1) is 22.0. The lowest BCUT2D eigenvalue weighted by Crippen LogP contribution is -2.13. The van der Waals surface area contributed by atoms with Crippen molar-refractivity contribution in [2.45, 2.75) is 48.0 Å². The van der Waals surface area contributed by atoms with Crippen molar-refractivity contribution in [3.05, 3.63) is 54.1 Å². The lowest BCUT2D eigenvalue weighted by atomic mass is 10.2. The minimum Gasteiger partial charge on any atom is -0.403 e. The van der Waals surface area contributed by atoms with Gasteiger partial charge in [-0.2, -0.15) is 0 Å². The lowest BCUT2D eigenvalue weighted by Gasteiger charge is -2.07. The fraction of sp³-hybridized carbons (Fsp3) is 0.286. The zero-order valence-corrected chi connectivity index (χ0v) is 18.8. The Morgan fingerprint density at radius 3 is 2.17 bits per heavy atom. The van der Waals surface area contributed by atoms with Crippen LogP contribution in [0.2, 0.25) is 0 Å². The molecule has 0 aliphatic heterocycles. The summed E-state index contributed by atoms with van der Waals surface area (Å²) in [6, 6.07) is 13.4. The van der Waals surface area contributed by atoms with E-state index in [0.717, 1.165) is 4.90 Å². The Bertz CT molecular complexity index is 1120. The molecule has 1 heterocycles. The van der Waals surface area contributed by atoms with Crippen LogP contribution in [0.15, 0.2) is 62.7 Å². The van der Waals surface area contributed by atoms with E-state index < -0.39 is 15.1 Å². The number of nitrogens with one attached hydrogen (secondary N) is 1. The molecule has 3 rings (SSSR count). The third-order valence-electron chi connectivity index (χ3n) is 4.18. The quantitative estimate of drug-likeness (QED) is 0.527. The van der Waals surface area contributed by atoms with Crippen molar-refractivity contribution in [2.24, 2.45) is 0 Å². The molecule has 0 atom stereocenters. The van der Waals surface area contributed by atoms with Gasteiger partial charge in [-0.1, -0.05) is 18.9 Å². The SMILES string of the molecule is CC(C)Sc1ccc(C(=O)Nc2nnc(-c3ccc(S(=O)(=O)C(C)C)cc3)o2)cc1. The van der Waals surface area contributed by atoms with Crippen LogP contribution in [-0.4, -0.2) is 35.0 Å². The van der Waals surface area contributed by atoms with Gasteiger partial charge in [-0.15, -0.1) is 16.9 Å². The van der Waals surface area contributed by atoms with Gasteiger partial charge in [0.15, 0.2) is 9.84 Å². The van der Waals surface area contributed by atoms with E-state index in [0.29, 0.717) is 16.4 Å². The maximum absolute atomic E-state index is 12.4. The van der Waals surface area contributed by atoms with Gasteiger partial charge < -0.3 is 4.42 Å². The zero-order chi connectivity index (χ0) is 21.9. The number of rotatable bonds is 7. The van der Waals surface area contributed by atoms with E-state index in [1.165, 1.54) is 12.1 Å². The first-order valence-corrected chi connectivity index (χ1v) is 11.9. The predicted molar refractivity (Wildman–Crippen MR) is 117 cm³/mol. The summed E-state index contributed by atoms with van der Waals surface area (Å²) in [6.07, 6.45) is 0. The predicted octanol–water partition coefficient (Wildman–Crippen LogP) is 4.67. The van der Waals surface area contributed by atoms with Gasteiger partial charge in [-0.25, -0.2) is 8.42 Å². The first-order valence-electron chi connectivity index (χ1n) is 9.42. The number of carbonyl (C=O) groups is 1. The summed E-state index contributed by atoms with van der Waals surface area (Å²) in [6.45, 7) is 7.48. The Kier molecular flexibility index (Phi) is 6.62. The molecule has 2 aromatic carbocycles. The van der Waals surface area contributed by atoms with Gasteiger partial charge in [0.2, 0.25) is 5.89 Å². The normalized spacial score (nSPS) is 11.8. The van der Waals surface area contributed by atoms with Gasteiger partial charge in [0.05, 0.1) is 10.1 Å². The number of amides is 1. The second-order valence-electron chi connectivity index (χ2n) is 7.18. The average Bonchev–Trinajstić information content (AvgIpc) is 3.16. The molecule has 0 saturated carbocycles. The minimum atomic E-state index is -3.35. The number of hydrogen-bond acceptors (Lipinski definition) is 7. The summed E-state index contributed by atoms with van der Waals surface area (Å²) in [5.41, 5.74) is 1.03. The smallest absolute Gasteiger partial charge is 0.322 e. The molecular formula is C21H23N3O4S2. The Morgan fingerprint density at radius 1 is 0.967 bits per heavy atom. The number of sulfone groups is 1. The molecule has 0 radical (unpaired) electrons. The Morgan fingerprint density at radius 2 is 1.60 bits per heavy atom. The Labute approximate surface area is 180 Å². The third kappa shape index (κ3) is 5.09. The van der Waals surface area contributed by atoms with E-state index in [1.807, 2.05) is 12.1 Å². The zero-order valence-electron chi connectivity index (χ0n) is 17.1. The number of benzene rings is 2. The summed E-state index contributed by atoms with van der Waals surface area (Å²) in [5.74, 6) is -0.174. The second kappa shape index (κ2) is 9.01. The van der Waals surface area contributed by atoms with Crippen molar-refractivity contribution in [1.29, 1.82) is 0 Å². The Hall–Kier alpha value is -2.65. The molecule has 0 saturated heterocycles. The van der Waals surface area contributed by atoms with Crippen molar-refractivity contribution < 1.29 is 17.6 Å². The van der Waals surface area contributed by atoms with Gasteiger partial charge in [0.1, 0.15) is 0 Å². The fourth-order valence-corrected chi connectivity index (χ4v) is 4.47. The number of aromatic nitrogens is 2. The molecule has 158 valence electrons. The van der Waals surface area contributed by atoms with E-state index >= 15 is 0 Å². The molecule has 0 fully saturated rings. The number of nitrogens with zero attached hydrogens (tertiary/aromatic N) is 2. The van der Waals surface area contributed by atoms with Gasteiger partial charge in [-0.3, -0.25) is 10.1 Å². The van der Waals surface area contributed by atoms with Crippen LogP contribution in [0.3, 0.4) is 0 Å². The highest BCUT2D eigenvalue weighted by Crippen LogP contribution is 2.25. The molecule has 0 spiro atoms. The van der Waals surface area contributed by atoms with Crippen LogP contribution in [0.4, 0.5) is 6.01 Å². The maximum atomic E-state index is 12.4. The summed E-state index contributed by atoms with van der Waals surface area (Å²) < 4.78 is 29.9. The van der Waals surface area contributed by atoms with Crippen molar-refractivity contribution >= 4 is 33.5 Å². The highest BCUT2D eigenvalue weighted by atomic mass is 32.2. The summed E-state index contributed by atoms with van der Waals surface area (Å²) in [5, 5.41) is 10.3. The number of thioether (sulfide) groups is 1. The number of carbonyl (C=O) groups excluding carboxylic acids is 1. The van der Waals surface area contributed by atoms with Crippen LogP contribution in [0.1, 0.15) is 38.1 Å². The fourth-order valence-electron chi connectivity index (χ4n) is 2.58. The molecule has 1 aromatic heterocycles. The van der Waals surface area contributed by atoms with E-state index in [4.69, 9.17) is 4.42 Å². The van der Waals surface area contributed by atoms with Crippen LogP contribution >= 0.6 is 11.8 Å². The van der Waals surface area contributed by atoms with E-state index in [1.54, 1.807) is 49.9 Å². The van der Waals surface area contributed by atoms with Gasteiger partial charge in [0, 0.05) is 21.3 Å². The molecule has 7 nitrogen and oxygen atoms in total. The third-order valence-corrected chi connectivity index (χ3v) is 7.37. The lowest BCUT2D eigenvalue weighted by molar-refractivity contribution is 0.102. The monoisotopic (exact) mass is 445 g/mol. The van der Waals surface area contributed by atoms with Crippen molar-refractivity contribution in [3.63, 3.8) is 0 Å². The highest BCUT2D eigenvalue weighted by Gasteiger charge is 2.19. The van der Waals surface area contributed by atoms with Crippen LogP contribution in [-0.2, 0) is 9.84 Å². The number of anilines is 1. The number of hydrogen-bond donors (Lipinski definition) is 1. The molecule has 1 amide bonds. The van der Waals surface area contributed by atoms with Crippen LogP contribution < -0.4 is 5.32 Å². The molecule has 9 heteroatoms. The van der Waals surface area contributed by atoms with Crippen molar-refractivity contribution in [3.8, 4) is 11.5 Å². The van der Waals surface area contributed by atoms with Crippen LogP contribution in [0, 0.1) is 0 Å². The van der Waals surface area contributed by atoms with E-state index in [9.17, 15) is 13.2 Å². The molecule has 1 N–H and O–H groups in total. The topological polar surface area (TPSA) is 102 Å². The highest BCUT2D eigenvalue weighted by molar-refractivity contribution is 7.99. The second-order valence-corrected chi connectivity index (χ2v) is 11.3. The van der Waals surface area contributed by atoms with Crippen molar-refractivity contribution in [1.82, 2.24) is 10.2 Å². The largest absolute Gasteiger partial charge is 0.403 e. The van der Waals surface area contributed by atoms with Crippen LogP contribution in [0.5, 0.6) is 0 Å². The summed E-state index contributed by atoms with van der Waals surface area (Å²) in [7, 11) is -3.35. The van der Waals surface area contributed by atoms with E-state index in [-0.39, 0.29) is 22.7 Å². The maximum Gasteiger partial charge on any atom is 0.322 e. The van der Waals surface area contributed by atoms with Gasteiger partial charge in [-0.05, 0) is 62.4 Å². The molecule has 0 aliphatic rings. The average molecular weight is 446 g/mol. The molecule has 30 heavy (non-hydrogen) atoms. The van der Waals surface area contributed by atoms with Gasteiger partial charge in [0.25, 0.3) is 5.91 Å². The molecular weight excluding hydrogens is 422 g/mol. The summed E-state index contributed by atoms with van der Waals surface area (Å²) in [4.78, 5) is 13.7. The molecule has 0 aliphatic carbocycles.